The first-order valence-electron chi connectivity index (χ1n) is 6.38. The molecular formula is C13H17BrN2O3S. The maximum Gasteiger partial charge on any atom is 0.228 e. The van der Waals surface area contributed by atoms with Gasteiger partial charge >= 0.3 is 0 Å². The van der Waals surface area contributed by atoms with Gasteiger partial charge in [-0.2, -0.15) is 0 Å². The Morgan fingerprint density at radius 2 is 2.20 bits per heavy atom. The van der Waals surface area contributed by atoms with Gasteiger partial charge in [0.25, 0.3) is 0 Å². The minimum atomic E-state index is -3.23. The topological polar surface area (TPSA) is 66.5 Å². The Hall–Kier alpha value is -0.920. The van der Waals surface area contributed by atoms with E-state index in [2.05, 4.69) is 21.2 Å². The second-order valence-corrected chi connectivity index (χ2v) is 7.86. The highest BCUT2D eigenvalue weighted by molar-refractivity contribution is 9.10. The zero-order valence-electron chi connectivity index (χ0n) is 11.2. The van der Waals surface area contributed by atoms with E-state index in [1.807, 2.05) is 18.2 Å². The van der Waals surface area contributed by atoms with Gasteiger partial charge in [0.2, 0.25) is 15.9 Å². The summed E-state index contributed by atoms with van der Waals surface area (Å²) in [5, 5.41) is 2.83. The third-order valence-electron chi connectivity index (χ3n) is 3.32. The van der Waals surface area contributed by atoms with Crippen molar-refractivity contribution in [1.82, 2.24) is 4.31 Å². The highest BCUT2D eigenvalue weighted by Crippen LogP contribution is 2.21. The van der Waals surface area contributed by atoms with Crippen LogP contribution in [0.1, 0.15) is 12.8 Å². The Morgan fingerprint density at radius 3 is 2.85 bits per heavy atom. The summed E-state index contributed by atoms with van der Waals surface area (Å²) in [7, 11) is -3.23. The first kappa shape index (κ1) is 15.5. The summed E-state index contributed by atoms with van der Waals surface area (Å²) in [6.07, 6.45) is 2.61. The minimum absolute atomic E-state index is 0.128. The number of carbonyl (C=O) groups is 1. The fraction of sp³-hybridized carbons (Fsp3) is 0.462. The molecule has 110 valence electrons. The molecule has 0 aliphatic carbocycles. The summed E-state index contributed by atoms with van der Waals surface area (Å²) in [6, 6.07) is 7.33. The summed E-state index contributed by atoms with van der Waals surface area (Å²) in [6.45, 7) is 0.762. The molecule has 1 aromatic rings. The average molecular weight is 361 g/mol. The van der Waals surface area contributed by atoms with Crippen LogP contribution in [0, 0.1) is 5.92 Å². The number of piperidine rings is 1. The Labute approximate surface area is 127 Å². The molecule has 1 amide bonds. The quantitative estimate of drug-likeness (QED) is 0.896. The molecule has 1 fully saturated rings. The van der Waals surface area contributed by atoms with Gasteiger partial charge in [-0.25, -0.2) is 12.7 Å². The fourth-order valence-electron chi connectivity index (χ4n) is 2.27. The fourth-order valence-corrected chi connectivity index (χ4v) is 3.58. The lowest BCUT2D eigenvalue weighted by Gasteiger charge is -2.30. The number of nitrogens with one attached hydrogen (secondary N) is 1. The van der Waals surface area contributed by atoms with E-state index in [9.17, 15) is 13.2 Å². The van der Waals surface area contributed by atoms with Crippen LogP contribution in [0.2, 0.25) is 0 Å². The van der Waals surface area contributed by atoms with E-state index in [1.165, 1.54) is 10.6 Å². The number of benzene rings is 1. The smallest absolute Gasteiger partial charge is 0.228 e. The van der Waals surface area contributed by atoms with Gasteiger partial charge in [-0.15, -0.1) is 0 Å². The lowest BCUT2D eigenvalue weighted by Crippen LogP contribution is -2.43. The van der Waals surface area contributed by atoms with Crippen LogP contribution in [-0.2, 0) is 14.8 Å². The molecule has 2 rings (SSSR count). The molecule has 20 heavy (non-hydrogen) atoms. The van der Waals surface area contributed by atoms with Crippen LogP contribution in [0.4, 0.5) is 5.69 Å². The Balaban J connectivity index is 2.02. The number of rotatable bonds is 3. The lowest BCUT2D eigenvalue weighted by molar-refractivity contribution is -0.120. The van der Waals surface area contributed by atoms with Crippen LogP contribution in [0.15, 0.2) is 28.7 Å². The van der Waals surface area contributed by atoms with Gasteiger partial charge < -0.3 is 5.32 Å². The molecule has 0 aromatic heterocycles. The van der Waals surface area contributed by atoms with Gasteiger partial charge in [-0.05, 0) is 31.0 Å². The first-order chi connectivity index (χ1) is 9.36. The van der Waals surface area contributed by atoms with Gasteiger partial charge in [0.1, 0.15) is 0 Å². The highest BCUT2D eigenvalue weighted by Gasteiger charge is 2.30. The lowest BCUT2D eigenvalue weighted by atomic mass is 9.99. The van der Waals surface area contributed by atoms with E-state index in [1.54, 1.807) is 6.07 Å². The number of hydrogen-bond acceptors (Lipinski definition) is 3. The third kappa shape index (κ3) is 4.04. The van der Waals surface area contributed by atoms with Gasteiger partial charge in [0.05, 0.1) is 12.2 Å². The summed E-state index contributed by atoms with van der Waals surface area (Å²) >= 11 is 3.34. The van der Waals surface area contributed by atoms with Crippen LogP contribution in [0.3, 0.4) is 0 Å². The van der Waals surface area contributed by atoms with Gasteiger partial charge in [0, 0.05) is 23.2 Å². The molecule has 7 heteroatoms. The molecule has 0 spiro atoms. The number of amides is 1. The van der Waals surface area contributed by atoms with Crippen molar-refractivity contribution in [2.24, 2.45) is 5.92 Å². The molecule has 5 nitrogen and oxygen atoms in total. The van der Waals surface area contributed by atoms with Crippen molar-refractivity contribution in [1.29, 1.82) is 0 Å². The molecule has 1 aromatic carbocycles. The molecule has 0 radical (unpaired) electrons. The molecule has 1 aliphatic rings. The molecular weight excluding hydrogens is 344 g/mol. The average Bonchev–Trinajstić information content (AvgIpc) is 2.38. The van der Waals surface area contributed by atoms with Gasteiger partial charge in [-0.3, -0.25) is 4.79 Å². The van der Waals surface area contributed by atoms with E-state index in [4.69, 9.17) is 0 Å². The van der Waals surface area contributed by atoms with Gasteiger partial charge in [-0.1, -0.05) is 22.0 Å². The Bertz CT molecular complexity index is 603. The standard InChI is InChI=1S/C13H17BrN2O3S/c1-20(18,19)16-7-3-4-10(9-16)13(17)15-12-6-2-5-11(14)8-12/h2,5-6,8,10H,3-4,7,9H2,1H3,(H,15,17)/t10-/m0/s1. The van der Waals surface area contributed by atoms with Crippen molar-refractivity contribution >= 4 is 37.5 Å². The van der Waals surface area contributed by atoms with Crippen LogP contribution in [-0.4, -0.2) is 38.0 Å². The number of halogens is 1. The van der Waals surface area contributed by atoms with Crippen molar-refractivity contribution in [3.05, 3.63) is 28.7 Å². The van der Waals surface area contributed by atoms with Crippen molar-refractivity contribution in [2.45, 2.75) is 12.8 Å². The number of carbonyl (C=O) groups excluding carboxylic acids is 1. The van der Waals surface area contributed by atoms with Crippen molar-refractivity contribution < 1.29 is 13.2 Å². The summed E-state index contributed by atoms with van der Waals surface area (Å²) in [4.78, 5) is 12.2. The molecule has 1 aliphatic heterocycles. The monoisotopic (exact) mass is 360 g/mol. The van der Waals surface area contributed by atoms with Crippen LogP contribution in [0.25, 0.3) is 0 Å². The summed E-state index contributed by atoms with van der Waals surface area (Å²) in [5.74, 6) is -0.422. The van der Waals surface area contributed by atoms with E-state index < -0.39 is 10.0 Å². The molecule has 0 bridgehead atoms. The predicted octanol–water partition coefficient (Wildman–Crippen LogP) is 2.06. The highest BCUT2D eigenvalue weighted by atomic mass is 79.9. The molecule has 0 saturated carbocycles. The van der Waals surface area contributed by atoms with Crippen molar-refractivity contribution in [3.8, 4) is 0 Å². The zero-order chi connectivity index (χ0) is 14.8. The molecule has 1 atom stereocenters. The summed E-state index contributed by atoms with van der Waals surface area (Å²) < 4.78 is 25.4. The van der Waals surface area contributed by atoms with E-state index in [-0.39, 0.29) is 18.4 Å². The third-order valence-corrected chi connectivity index (χ3v) is 5.08. The van der Waals surface area contributed by atoms with Crippen LogP contribution < -0.4 is 5.32 Å². The number of sulfonamides is 1. The van der Waals surface area contributed by atoms with E-state index in [0.29, 0.717) is 25.1 Å². The SMILES string of the molecule is CS(=O)(=O)N1CCC[C@H](C(=O)Nc2cccc(Br)c2)C1. The molecule has 1 heterocycles. The number of anilines is 1. The first-order valence-corrected chi connectivity index (χ1v) is 9.02. The largest absolute Gasteiger partial charge is 0.326 e. The normalized spacial score (nSPS) is 20.6. The van der Waals surface area contributed by atoms with Crippen LogP contribution >= 0.6 is 15.9 Å². The maximum absolute atomic E-state index is 12.2. The van der Waals surface area contributed by atoms with E-state index >= 15 is 0 Å². The van der Waals surface area contributed by atoms with Crippen molar-refractivity contribution in [2.75, 3.05) is 24.7 Å². The molecule has 1 saturated heterocycles. The van der Waals surface area contributed by atoms with Crippen molar-refractivity contribution in [3.63, 3.8) is 0 Å². The minimum Gasteiger partial charge on any atom is -0.326 e. The van der Waals surface area contributed by atoms with E-state index in [0.717, 1.165) is 4.47 Å². The maximum atomic E-state index is 12.2. The second-order valence-electron chi connectivity index (χ2n) is 4.96. The molecule has 0 unspecified atom stereocenters. The predicted molar refractivity (Wildman–Crippen MR) is 81.9 cm³/mol. The summed E-state index contributed by atoms with van der Waals surface area (Å²) in [5.41, 5.74) is 0.709. The second kappa shape index (κ2) is 6.24. The number of hydrogen-bond donors (Lipinski definition) is 1. The van der Waals surface area contributed by atoms with Crippen LogP contribution in [0.5, 0.6) is 0 Å². The Kier molecular flexibility index (Phi) is 4.82. The zero-order valence-corrected chi connectivity index (χ0v) is 13.6. The molecule has 1 N–H and O–H groups in total. The Morgan fingerprint density at radius 1 is 1.45 bits per heavy atom. The number of nitrogens with zero attached hydrogens (tertiary/aromatic N) is 1. The van der Waals surface area contributed by atoms with Gasteiger partial charge in [0.15, 0.2) is 0 Å².